The predicted molar refractivity (Wildman–Crippen MR) is 96.7 cm³/mol. The summed E-state index contributed by atoms with van der Waals surface area (Å²) in [7, 11) is 0. The van der Waals surface area contributed by atoms with E-state index in [0.717, 1.165) is 49.7 Å². The zero-order chi connectivity index (χ0) is 17.8. The average Bonchev–Trinajstić information content (AvgIpc) is 2.88. The number of anilines is 1. The minimum Gasteiger partial charge on any atom is -0.354 e. The van der Waals surface area contributed by atoms with E-state index in [1.54, 1.807) is 12.1 Å². The minimum atomic E-state index is -0.337. The van der Waals surface area contributed by atoms with Crippen molar-refractivity contribution in [3.63, 3.8) is 0 Å². The van der Waals surface area contributed by atoms with E-state index in [1.165, 1.54) is 6.07 Å². The van der Waals surface area contributed by atoms with Crippen molar-refractivity contribution in [1.82, 2.24) is 15.1 Å². The van der Waals surface area contributed by atoms with Crippen LogP contribution < -0.4 is 4.90 Å². The van der Waals surface area contributed by atoms with Crippen molar-refractivity contribution in [3.05, 3.63) is 57.8 Å². The second-order valence-electron chi connectivity index (χ2n) is 6.44. The summed E-state index contributed by atoms with van der Waals surface area (Å²) in [6.07, 6.45) is 1.02. The number of rotatable bonds is 4. The maximum atomic E-state index is 11.0. The van der Waals surface area contributed by atoms with Crippen molar-refractivity contribution < 1.29 is 4.92 Å². The molecule has 0 radical (unpaired) electrons. The van der Waals surface area contributed by atoms with Gasteiger partial charge in [-0.05, 0) is 38.0 Å². The zero-order valence-corrected chi connectivity index (χ0v) is 14.6. The quantitative estimate of drug-likeness (QED) is 0.629. The summed E-state index contributed by atoms with van der Waals surface area (Å²) in [6, 6.07) is 11.1. The van der Waals surface area contributed by atoms with E-state index in [0.29, 0.717) is 0 Å². The second-order valence-corrected chi connectivity index (χ2v) is 6.44. The average molecular weight is 341 g/mol. The van der Waals surface area contributed by atoms with Crippen LogP contribution in [0.5, 0.6) is 0 Å². The number of hydrogen-bond donors (Lipinski definition) is 0. The van der Waals surface area contributed by atoms with Gasteiger partial charge in [0.1, 0.15) is 0 Å². The molecule has 132 valence electrons. The van der Waals surface area contributed by atoms with Crippen LogP contribution in [-0.4, -0.2) is 46.2 Å². The standard InChI is InChI=1S/C18H23N5O2/c1-14-7-8-18(20-19-14)22-10-4-9-21(11-12-22)15(2)16-5-3-6-17(13-16)23(24)25/h3,5-8,13,15H,4,9-12H2,1-2H3/t15-/m1/s1. The third-order valence-electron chi connectivity index (χ3n) is 4.75. The summed E-state index contributed by atoms with van der Waals surface area (Å²) >= 11 is 0. The fourth-order valence-electron chi connectivity index (χ4n) is 3.22. The Bertz CT molecular complexity index is 735. The first kappa shape index (κ1) is 17.3. The van der Waals surface area contributed by atoms with Crippen molar-refractivity contribution in [3.8, 4) is 0 Å². The minimum absolute atomic E-state index is 0.143. The molecule has 1 aromatic heterocycles. The van der Waals surface area contributed by atoms with Crippen molar-refractivity contribution in [2.75, 3.05) is 31.1 Å². The highest BCUT2D eigenvalue weighted by Gasteiger charge is 2.22. The molecule has 0 spiro atoms. The first-order valence-electron chi connectivity index (χ1n) is 8.58. The number of benzene rings is 1. The summed E-state index contributed by atoms with van der Waals surface area (Å²) in [5.41, 5.74) is 2.05. The maximum Gasteiger partial charge on any atom is 0.269 e. The molecule has 25 heavy (non-hydrogen) atoms. The number of nitrogens with zero attached hydrogens (tertiary/aromatic N) is 5. The first-order valence-corrected chi connectivity index (χ1v) is 8.58. The van der Waals surface area contributed by atoms with Crippen molar-refractivity contribution in [1.29, 1.82) is 0 Å². The fourth-order valence-corrected chi connectivity index (χ4v) is 3.22. The number of aryl methyl sites for hydroxylation is 1. The second kappa shape index (κ2) is 7.57. The third-order valence-corrected chi connectivity index (χ3v) is 4.75. The Balaban J connectivity index is 1.69. The molecular weight excluding hydrogens is 318 g/mol. The molecule has 0 saturated carbocycles. The number of nitro benzene ring substituents is 1. The number of aromatic nitrogens is 2. The van der Waals surface area contributed by atoms with E-state index in [-0.39, 0.29) is 16.7 Å². The summed E-state index contributed by atoms with van der Waals surface area (Å²) in [4.78, 5) is 15.3. The summed E-state index contributed by atoms with van der Waals surface area (Å²) in [6.45, 7) is 7.70. The summed E-state index contributed by atoms with van der Waals surface area (Å²) < 4.78 is 0. The van der Waals surface area contributed by atoms with Gasteiger partial charge in [0.2, 0.25) is 0 Å². The van der Waals surface area contributed by atoms with E-state index in [9.17, 15) is 10.1 Å². The molecule has 1 aromatic carbocycles. The van der Waals surface area contributed by atoms with Gasteiger partial charge in [-0.3, -0.25) is 15.0 Å². The van der Waals surface area contributed by atoms with E-state index >= 15 is 0 Å². The summed E-state index contributed by atoms with van der Waals surface area (Å²) in [5, 5.41) is 19.4. The lowest BCUT2D eigenvalue weighted by atomic mass is 10.1. The summed E-state index contributed by atoms with van der Waals surface area (Å²) in [5.74, 6) is 0.912. The molecule has 0 N–H and O–H groups in total. The molecule has 7 heteroatoms. The molecule has 3 rings (SSSR count). The van der Waals surface area contributed by atoms with E-state index in [1.807, 2.05) is 25.1 Å². The van der Waals surface area contributed by atoms with Crippen LogP contribution in [0.25, 0.3) is 0 Å². The van der Waals surface area contributed by atoms with Gasteiger partial charge < -0.3 is 4.90 Å². The van der Waals surface area contributed by atoms with Gasteiger partial charge in [0.05, 0.1) is 10.6 Å². The predicted octanol–water partition coefficient (Wildman–Crippen LogP) is 2.97. The van der Waals surface area contributed by atoms with Gasteiger partial charge >= 0.3 is 0 Å². The van der Waals surface area contributed by atoms with Crippen LogP contribution in [0.2, 0.25) is 0 Å². The Labute approximate surface area is 147 Å². The molecule has 0 aliphatic carbocycles. The Morgan fingerprint density at radius 1 is 1.12 bits per heavy atom. The Kier molecular flexibility index (Phi) is 5.23. The van der Waals surface area contributed by atoms with Crippen LogP contribution in [0.15, 0.2) is 36.4 Å². The van der Waals surface area contributed by atoms with Gasteiger partial charge in [0.15, 0.2) is 5.82 Å². The molecular formula is C18H23N5O2. The molecule has 0 unspecified atom stereocenters. The van der Waals surface area contributed by atoms with Gasteiger partial charge in [-0.1, -0.05) is 12.1 Å². The molecule has 1 fully saturated rings. The van der Waals surface area contributed by atoms with Gasteiger partial charge in [-0.25, -0.2) is 0 Å². The van der Waals surface area contributed by atoms with Gasteiger partial charge in [0, 0.05) is 44.4 Å². The number of nitro groups is 1. The molecule has 1 saturated heterocycles. The van der Waals surface area contributed by atoms with Gasteiger partial charge in [-0.15, -0.1) is 5.10 Å². The van der Waals surface area contributed by atoms with Gasteiger partial charge in [0.25, 0.3) is 5.69 Å². The van der Waals surface area contributed by atoms with E-state index < -0.39 is 0 Å². The lowest BCUT2D eigenvalue weighted by Crippen LogP contribution is -2.33. The molecule has 2 aromatic rings. The SMILES string of the molecule is Cc1ccc(N2CCCN([C@H](C)c3cccc([N+](=O)[O-])c3)CC2)nn1. The highest BCUT2D eigenvalue weighted by molar-refractivity contribution is 5.38. The molecule has 1 aliphatic rings. The van der Waals surface area contributed by atoms with Crippen molar-refractivity contribution in [2.24, 2.45) is 0 Å². The Hall–Kier alpha value is -2.54. The Morgan fingerprint density at radius 2 is 1.96 bits per heavy atom. The smallest absolute Gasteiger partial charge is 0.269 e. The third kappa shape index (κ3) is 4.11. The highest BCUT2D eigenvalue weighted by atomic mass is 16.6. The van der Waals surface area contributed by atoms with Crippen LogP contribution >= 0.6 is 0 Å². The molecule has 1 atom stereocenters. The lowest BCUT2D eigenvalue weighted by molar-refractivity contribution is -0.384. The molecule has 0 bridgehead atoms. The lowest BCUT2D eigenvalue weighted by Gasteiger charge is -2.28. The van der Waals surface area contributed by atoms with Crippen LogP contribution in [0.4, 0.5) is 11.5 Å². The molecule has 1 aliphatic heterocycles. The van der Waals surface area contributed by atoms with Crippen LogP contribution in [0.1, 0.15) is 30.6 Å². The van der Waals surface area contributed by atoms with Crippen molar-refractivity contribution in [2.45, 2.75) is 26.3 Å². The van der Waals surface area contributed by atoms with E-state index in [4.69, 9.17) is 0 Å². The van der Waals surface area contributed by atoms with E-state index in [2.05, 4.69) is 26.9 Å². The van der Waals surface area contributed by atoms with Crippen LogP contribution in [-0.2, 0) is 0 Å². The number of hydrogen-bond acceptors (Lipinski definition) is 6. The monoisotopic (exact) mass is 341 g/mol. The largest absolute Gasteiger partial charge is 0.354 e. The molecule has 2 heterocycles. The maximum absolute atomic E-state index is 11.0. The fraction of sp³-hybridized carbons (Fsp3) is 0.444. The molecule has 0 amide bonds. The Morgan fingerprint density at radius 3 is 2.68 bits per heavy atom. The van der Waals surface area contributed by atoms with Crippen molar-refractivity contribution >= 4 is 11.5 Å². The van der Waals surface area contributed by atoms with Crippen LogP contribution in [0, 0.1) is 17.0 Å². The topological polar surface area (TPSA) is 75.4 Å². The molecule has 7 nitrogen and oxygen atoms in total. The normalized spacial score (nSPS) is 17.1. The highest BCUT2D eigenvalue weighted by Crippen LogP contribution is 2.25. The van der Waals surface area contributed by atoms with Gasteiger partial charge in [-0.2, -0.15) is 5.10 Å². The number of non-ortho nitro benzene ring substituents is 1. The van der Waals surface area contributed by atoms with Crippen LogP contribution in [0.3, 0.4) is 0 Å². The first-order chi connectivity index (χ1) is 12.0. The zero-order valence-electron chi connectivity index (χ0n) is 14.6.